The number of esters is 1. The molecule has 140 valence electrons. The van der Waals surface area contributed by atoms with Crippen LogP contribution >= 0.6 is 0 Å². The second-order valence-electron chi connectivity index (χ2n) is 6.24. The average molecular weight is 360 g/mol. The minimum Gasteiger partial charge on any atom is -0.490 e. The van der Waals surface area contributed by atoms with Gasteiger partial charge in [-0.05, 0) is 57.7 Å². The fourth-order valence-corrected chi connectivity index (χ4v) is 2.60. The van der Waals surface area contributed by atoms with Crippen molar-refractivity contribution >= 4 is 11.9 Å². The summed E-state index contributed by atoms with van der Waals surface area (Å²) < 4.78 is 16.0. The van der Waals surface area contributed by atoms with Crippen LogP contribution in [0, 0.1) is 17.2 Å². The Kier molecular flexibility index (Phi) is 6.45. The van der Waals surface area contributed by atoms with Crippen molar-refractivity contribution in [2.24, 2.45) is 5.92 Å². The van der Waals surface area contributed by atoms with Gasteiger partial charge in [0.25, 0.3) is 5.91 Å². The van der Waals surface area contributed by atoms with Gasteiger partial charge in [-0.2, -0.15) is 5.26 Å². The van der Waals surface area contributed by atoms with Crippen LogP contribution in [0.2, 0.25) is 0 Å². The third-order valence-corrected chi connectivity index (χ3v) is 4.14. The van der Waals surface area contributed by atoms with E-state index >= 15 is 0 Å². The highest BCUT2D eigenvalue weighted by Crippen LogP contribution is 2.39. The van der Waals surface area contributed by atoms with Crippen molar-refractivity contribution in [3.05, 3.63) is 23.8 Å². The molecule has 1 aromatic carbocycles. The Labute approximate surface area is 153 Å². The van der Waals surface area contributed by atoms with E-state index < -0.39 is 24.0 Å². The van der Waals surface area contributed by atoms with E-state index in [-0.39, 0.29) is 11.5 Å². The van der Waals surface area contributed by atoms with Gasteiger partial charge in [0.15, 0.2) is 18.1 Å². The standard InChI is InChI=1S/C19H24N2O5/c1-4-24-15-9-6-13(10-16(15)25-5-2)18(23)26-11-17(22)21-19(3,12-20)14-7-8-14/h6,9-10,14H,4-5,7-8,11H2,1-3H3,(H,21,22)/t19-/m0/s1. The first-order valence-electron chi connectivity index (χ1n) is 8.72. The molecule has 0 heterocycles. The van der Waals surface area contributed by atoms with Gasteiger partial charge < -0.3 is 19.5 Å². The molecule has 7 heteroatoms. The van der Waals surface area contributed by atoms with Crippen LogP contribution in [0.25, 0.3) is 0 Å². The first kappa shape index (κ1) is 19.6. The van der Waals surface area contributed by atoms with Crippen molar-refractivity contribution < 1.29 is 23.8 Å². The number of hydrogen-bond donors (Lipinski definition) is 1. The monoisotopic (exact) mass is 360 g/mol. The van der Waals surface area contributed by atoms with Gasteiger partial charge in [0.05, 0.1) is 24.8 Å². The average Bonchev–Trinajstić information content (AvgIpc) is 3.47. The predicted octanol–water partition coefficient (Wildman–Crippen LogP) is 2.45. The minimum atomic E-state index is -0.912. The Hall–Kier alpha value is -2.75. The number of nitrogens with zero attached hydrogens (tertiary/aromatic N) is 1. The van der Waals surface area contributed by atoms with E-state index in [0.29, 0.717) is 24.7 Å². The van der Waals surface area contributed by atoms with Gasteiger partial charge >= 0.3 is 5.97 Å². The predicted molar refractivity (Wildman–Crippen MR) is 93.9 cm³/mol. The molecule has 7 nitrogen and oxygen atoms in total. The van der Waals surface area contributed by atoms with Crippen LogP contribution in [-0.4, -0.2) is 37.2 Å². The molecule has 0 aliphatic heterocycles. The number of ether oxygens (including phenoxy) is 3. The SMILES string of the molecule is CCOc1ccc(C(=O)OCC(=O)N[C@@](C)(C#N)C2CC2)cc1OCC. The number of nitriles is 1. The van der Waals surface area contributed by atoms with Crippen molar-refractivity contribution in [2.75, 3.05) is 19.8 Å². The summed E-state index contributed by atoms with van der Waals surface area (Å²) >= 11 is 0. The molecule has 1 fully saturated rings. The smallest absolute Gasteiger partial charge is 0.338 e. The molecular weight excluding hydrogens is 336 g/mol. The molecule has 1 aromatic rings. The van der Waals surface area contributed by atoms with Crippen molar-refractivity contribution in [1.82, 2.24) is 5.32 Å². The van der Waals surface area contributed by atoms with Crippen molar-refractivity contribution in [1.29, 1.82) is 5.26 Å². The van der Waals surface area contributed by atoms with E-state index in [9.17, 15) is 14.9 Å². The molecule has 1 saturated carbocycles. The Morgan fingerprint density at radius 2 is 1.88 bits per heavy atom. The fraction of sp³-hybridized carbons (Fsp3) is 0.526. The van der Waals surface area contributed by atoms with Crippen LogP contribution in [0.15, 0.2) is 18.2 Å². The van der Waals surface area contributed by atoms with E-state index in [1.165, 1.54) is 6.07 Å². The molecule has 1 aliphatic carbocycles. The van der Waals surface area contributed by atoms with Crippen LogP contribution in [0.4, 0.5) is 0 Å². The highest BCUT2D eigenvalue weighted by molar-refractivity contribution is 5.92. The molecule has 0 spiro atoms. The molecule has 1 amide bonds. The summed E-state index contributed by atoms with van der Waals surface area (Å²) in [5.74, 6) is 0.00317. The zero-order valence-corrected chi connectivity index (χ0v) is 15.3. The van der Waals surface area contributed by atoms with Gasteiger partial charge in [-0.3, -0.25) is 4.79 Å². The first-order valence-corrected chi connectivity index (χ1v) is 8.72. The number of rotatable bonds is 9. The Morgan fingerprint density at radius 3 is 2.46 bits per heavy atom. The summed E-state index contributed by atoms with van der Waals surface area (Å²) in [5.41, 5.74) is -0.653. The van der Waals surface area contributed by atoms with Gasteiger partial charge in [0.2, 0.25) is 0 Å². The number of amides is 1. The summed E-state index contributed by atoms with van der Waals surface area (Å²) in [4.78, 5) is 24.2. The van der Waals surface area contributed by atoms with E-state index in [1.54, 1.807) is 19.1 Å². The molecule has 0 bridgehead atoms. The normalized spacial score (nSPS) is 15.3. The lowest BCUT2D eigenvalue weighted by Crippen LogP contribution is -2.48. The molecule has 0 unspecified atom stereocenters. The lowest BCUT2D eigenvalue weighted by Gasteiger charge is -2.22. The maximum Gasteiger partial charge on any atom is 0.338 e. The highest BCUT2D eigenvalue weighted by Gasteiger charge is 2.43. The first-order chi connectivity index (χ1) is 12.4. The molecule has 1 atom stereocenters. The molecule has 0 radical (unpaired) electrons. The number of benzene rings is 1. The van der Waals surface area contributed by atoms with Gasteiger partial charge in [-0.25, -0.2) is 4.79 Å². The molecule has 1 N–H and O–H groups in total. The number of hydrogen-bond acceptors (Lipinski definition) is 6. The molecule has 2 rings (SSSR count). The van der Waals surface area contributed by atoms with Gasteiger partial charge in [0.1, 0.15) is 5.54 Å². The molecule has 0 aromatic heterocycles. The van der Waals surface area contributed by atoms with E-state index in [1.807, 2.05) is 13.8 Å². The molecule has 1 aliphatic rings. The summed E-state index contributed by atoms with van der Waals surface area (Å²) in [5, 5.41) is 11.9. The lowest BCUT2D eigenvalue weighted by molar-refractivity contribution is -0.125. The number of carbonyl (C=O) groups is 2. The Bertz CT molecular complexity index is 708. The minimum absolute atomic E-state index is 0.159. The zero-order valence-electron chi connectivity index (χ0n) is 15.3. The van der Waals surface area contributed by atoms with Crippen LogP contribution < -0.4 is 14.8 Å². The second-order valence-corrected chi connectivity index (χ2v) is 6.24. The molecular formula is C19H24N2O5. The topological polar surface area (TPSA) is 97.6 Å². The Morgan fingerprint density at radius 1 is 1.23 bits per heavy atom. The Balaban J connectivity index is 1.95. The maximum absolute atomic E-state index is 12.2. The van der Waals surface area contributed by atoms with Crippen LogP contribution in [0.5, 0.6) is 11.5 Å². The maximum atomic E-state index is 12.2. The van der Waals surface area contributed by atoms with Crippen LogP contribution in [0.3, 0.4) is 0 Å². The van der Waals surface area contributed by atoms with Crippen LogP contribution in [-0.2, 0) is 9.53 Å². The highest BCUT2D eigenvalue weighted by atomic mass is 16.5. The van der Waals surface area contributed by atoms with E-state index in [2.05, 4.69) is 11.4 Å². The summed E-state index contributed by atoms with van der Waals surface area (Å²) in [7, 11) is 0. The number of nitrogens with one attached hydrogen (secondary N) is 1. The zero-order chi connectivity index (χ0) is 19.2. The second kappa shape index (κ2) is 8.56. The van der Waals surface area contributed by atoms with Crippen LogP contribution in [0.1, 0.15) is 44.0 Å². The van der Waals surface area contributed by atoms with Crippen molar-refractivity contribution in [3.63, 3.8) is 0 Å². The van der Waals surface area contributed by atoms with Crippen molar-refractivity contribution in [2.45, 2.75) is 39.2 Å². The van der Waals surface area contributed by atoms with E-state index in [4.69, 9.17) is 14.2 Å². The largest absolute Gasteiger partial charge is 0.490 e. The molecule has 26 heavy (non-hydrogen) atoms. The van der Waals surface area contributed by atoms with Gasteiger partial charge in [-0.1, -0.05) is 0 Å². The quantitative estimate of drug-likeness (QED) is 0.679. The fourth-order valence-electron chi connectivity index (χ4n) is 2.60. The summed E-state index contributed by atoms with van der Waals surface area (Å²) in [6.45, 7) is 5.83. The number of carbonyl (C=O) groups excluding carboxylic acids is 2. The van der Waals surface area contributed by atoms with Gasteiger partial charge in [0, 0.05) is 0 Å². The summed E-state index contributed by atoms with van der Waals surface area (Å²) in [6, 6.07) is 6.84. The summed E-state index contributed by atoms with van der Waals surface area (Å²) in [6.07, 6.45) is 1.83. The van der Waals surface area contributed by atoms with Crippen molar-refractivity contribution in [3.8, 4) is 17.6 Å². The lowest BCUT2D eigenvalue weighted by atomic mass is 9.98. The third kappa shape index (κ3) is 4.88. The van der Waals surface area contributed by atoms with E-state index in [0.717, 1.165) is 12.8 Å². The third-order valence-electron chi connectivity index (χ3n) is 4.14. The molecule has 0 saturated heterocycles. The van der Waals surface area contributed by atoms with Gasteiger partial charge in [-0.15, -0.1) is 0 Å².